The molecule has 0 spiro atoms. The Kier molecular flexibility index (Phi) is 13.1. The third kappa shape index (κ3) is 7.52. The predicted octanol–water partition coefficient (Wildman–Crippen LogP) is 8.72. The van der Waals surface area contributed by atoms with E-state index in [1.54, 1.807) is 4.90 Å². The average molecular weight is 702 g/mol. The Morgan fingerprint density at radius 2 is 1.49 bits per heavy atom. The fourth-order valence-corrected chi connectivity index (χ4v) is 14.1. The van der Waals surface area contributed by atoms with E-state index in [1.165, 1.54) is 101 Å². The summed E-state index contributed by atoms with van der Waals surface area (Å²) in [4.78, 5) is 28.8. The quantitative estimate of drug-likeness (QED) is 0.126. The summed E-state index contributed by atoms with van der Waals surface area (Å²) in [6.45, 7) is 30.4. The number of nitrogens with one attached hydrogen (secondary N) is 1. The van der Waals surface area contributed by atoms with Crippen LogP contribution in [0, 0.1) is 45.3 Å². The molecule has 0 aromatic rings. The van der Waals surface area contributed by atoms with E-state index in [9.17, 15) is 14.7 Å². The van der Waals surface area contributed by atoms with E-state index < -0.39 is 17.4 Å². The zero-order valence-electron chi connectivity index (χ0n) is 33.2. The van der Waals surface area contributed by atoms with Crippen molar-refractivity contribution in [3.8, 4) is 0 Å². The number of piperidine rings is 1. The number of carboxylic acids is 1. The molecule has 7 heteroatoms. The number of allylic oxidation sites excluding steroid dienone is 1. The molecular formula is C42H75N3O3S. The minimum absolute atomic E-state index is 0.148. The number of rotatable bonds is 6. The second kappa shape index (κ2) is 15.8. The lowest BCUT2D eigenvalue weighted by Crippen LogP contribution is -2.70. The Hall–Kier alpha value is -1.18. The molecule has 2 aliphatic heterocycles. The van der Waals surface area contributed by atoms with Crippen LogP contribution in [0.5, 0.6) is 0 Å². The van der Waals surface area contributed by atoms with E-state index in [0.29, 0.717) is 45.1 Å². The molecule has 0 aromatic heterocycles. The molecular weight excluding hydrogens is 627 g/mol. The second-order valence-electron chi connectivity index (χ2n) is 18.3. The Bertz CT molecular complexity index is 1210. The fraction of sp³-hybridized carbons (Fsp3) is 0.881. The molecule has 6 rings (SSSR count). The molecule has 4 aliphatic carbocycles. The Balaban J connectivity index is 0.000000841. The molecule has 4 saturated carbocycles. The van der Waals surface area contributed by atoms with E-state index in [1.807, 2.05) is 27.7 Å². The summed E-state index contributed by atoms with van der Waals surface area (Å²) in [5.74, 6) is 7.50. The van der Waals surface area contributed by atoms with Crippen molar-refractivity contribution in [3.63, 3.8) is 0 Å². The molecule has 0 aromatic carbocycles. The van der Waals surface area contributed by atoms with Gasteiger partial charge >= 0.3 is 11.9 Å². The summed E-state index contributed by atoms with van der Waals surface area (Å²) < 4.78 is 0. The summed E-state index contributed by atoms with van der Waals surface area (Å²) in [6, 6.07) is 0. The number of likely N-dealkylation sites (tertiary alicyclic amines) is 1. The van der Waals surface area contributed by atoms with Crippen LogP contribution >= 0.6 is 10.5 Å². The minimum Gasteiger partial charge on any atom is -0.474 e. The van der Waals surface area contributed by atoms with Crippen molar-refractivity contribution in [2.75, 3.05) is 50.8 Å². The standard InChI is InChI=1S/C36H61N3O3S.C4H8.C2H6/c1-32(2)28-12-14-35(5)29(33(28,3)17-20-39(32)30(40)31(41)42)11-10-26-27-9-7-13-36(27,16-15-34(26,35)4)25-37-18-8-19-38-21-23-43(6)24-22-38;1-4(2)3;1-2/h26-29,37H,6-25H2,1-5H3,(H,41,42);1H2,2-3H3;1-2H3/t26?,27-,28?,29?,33?,34-,35?,36?;;/m1../s1. The normalized spacial score (nSPS) is 39.8. The molecule has 2 saturated heterocycles. The summed E-state index contributed by atoms with van der Waals surface area (Å²) in [7, 11) is 0.406. The number of carboxylic acid groups (broad SMARTS) is 1. The average Bonchev–Trinajstić information content (AvgIpc) is 3.46. The lowest BCUT2D eigenvalue weighted by molar-refractivity contribution is -0.239. The molecule has 8 atom stereocenters. The van der Waals surface area contributed by atoms with E-state index in [-0.39, 0.29) is 5.41 Å². The molecule has 2 N–H and O–H groups in total. The van der Waals surface area contributed by atoms with Gasteiger partial charge in [0.2, 0.25) is 0 Å². The third-order valence-electron chi connectivity index (χ3n) is 15.4. The van der Waals surface area contributed by atoms with Crippen molar-refractivity contribution in [1.82, 2.24) is 15.1 Å². The molecule has 282 valence electrons. The number of carbonyl (C=O) groups is 2. The maximum atomic E-state index is 12.7. The molecule has 0 radical (unpaired) electrons. The number of hydrogen-bond acceptors (Lipinski definition) is 4. The lowest BCUT2D eigenvalue weighted by atomic mass is 9.33. The zero-order valence-corrected chi connectivity index (χ0v) is 34.0. The highest BCUT2D eigenvalue weighted by molar-refractivity contribution is 8.14. The van der Waals surface area contributed by atoms with Crippen LogP contribution < -0.4 is 5.32 Å². The molecule has 6 aliphatic rings. The third-order valence-corrected chi connectivity index (χ3v) is 16.9. The van der Waals surface area contributed by atoms with Gasteiger partial charge in [-0.05, 0) is 150 Å². The Morgan fingerprint density at radius 3 is 2.12 bits per heavy atom. The highest BCUT2D eigenvalue weighted by Gasteiger charge is 2.70. The fourth-order valence-electron chi connectivity index (χ4n) is 12.9. The number of amides is 1. The van der Waals surface area contributed by atoms with Gasteiger partial charge in [-0.2, -0.15) is 10.5 Å². The molecule has 0 bridgehead atoms. The van der Waals surface area contributed by atoms with Gasteiger partial charge in [-0.1, -0.05) is 52.5 Å². The van der Waals surface area contributed by atoms with Gasteiger partial charge in [0.15, 0.2) is 0 Å². The molecule has 2 heterocycles. The minimum atomic E-state index is -1.31. The number of hydrogen-bond donors (Lipinski definition) is 2. The summed E-state index contributed by atoms with van der Waals surface area (Å²) >= 11 is 0. The van der Waals surface area contributed by atoms with Gasteiger partial charge in [0.1, 0.15) is 0 Å². The molecule has 1 amide bonds. The van der Waals surface area contributed by atoms with Crippen LogP contribution in [0.3, 0.4) is 0 Å². The van der Waals surface area contributed by atoms with Crippen LogP contribution in [0.25, 0.3) is 0 Å². The lowest BCUT2D eigenvalue weighted by Gasteiger charge is -2.73. The first-order valence-electron chi connectivity index (χ1n) is 20.1. The van der Waals surface area contributed by atoms with Crippen molar-refractivity contribution < 1.29 is 14.7 Å². The Morgan fingerprint density at radius 1 is 0.837 bits per heavy atom. The maximum absolute atomic E-state index is 12.7. The molecule has 6 unspecified atom stereocenters. The second-order valence-corrected chi connectivity index (χ2v) is 20.3. The van der Waals surface area contributed by atoms with E-state index >= 15 is 0 Å². The van der Waals surface area contributed by atoms with Gasteiger partial charge in [-0.15, -0.1) is 6.58 Å². The number of carbonyl (C=O) groups excluding carboxylic acids is 1. The maximum Gasteiger partial charge on any atom is 0.394 e. The van der Waals surface area contributed by atoms with E-state index in [0.717, 1.165) is 31.2 Å². The van der Waals surface area contributed by atoms with Crippen molar-refractivity contribution in [2.24, 2.45) is 45.3 Å². The van der Waals surface area contributed by atoms with Crippen LogP contribution in [-0.4, -0.2) is 89.0 Å². The van der Waals surface area contributed by atoms with E-state index in [4.69, 9.17) is 0 Å². The van der Waals surface area contributed by atoms with Gasteiger partial charge in [0.25, 0.3) is 0 Å². The molecule has 6 nitrogen and oxygen atoms in total. The first-order valence-corrected chi connectivity index (χ1v) is 21.8. The first-order chi connectivity index (χ1) is 23.0. The zero-order chi connectivity index (χ0) is 36.4. The predicted molar refractivity (Wildman–Crippen MR) is 211 cm³/mol. The number of aliphatic carboxylic acids is 1. The SMILES string of the molecule is C=C(C)C.C=S1CCN(CCCNCC23CCC[C@@H]2C2CCC4C5(C)CCN(C(=O)C(=O)O)C(C)(C)C5CCC4(C)[C@]2(C)CC3)CC1.CC. The Labute approximate surface area is 303 Å². The highest BCUT2D eigenvalue weighted by Crippen LogP contribution is 2.76. The largest absolute Gasteiger partial charge is 0.474 e. The number of fused-ring (bicyclic) bond motifs is 7. The van der Waals surface area contributed by atoms with Crippen LogP contribution in [0.1, 0.15) is 133 Å². The van der Waals surface area contributed by atoms with Gasteiger partial charge in [0.05, 0.1) is 0 Å². The van der Waals surface area contributed by atoms with Gasteiger partial charge in [-0.3, -0.25) is 4.79 Å². The molecule has 49 heavy (non-hydrogen) atoms. The van der Waals surface area contributed by atoms with Crippen LogP contribution in [0.15, 0.2) is 12.2 Å². The van der Waals surface area contributed by atoms with Crippen molar-refractivity contribution in [1.29, 1.82) is 0 Å². The monoisotopic (exact) mass is 702 g/mol. The van der Waals surface area contributed by atoms with Crippen molar-refractivity contribution in [3.05, 3.63) is 12.2 Å². The van der Waals surface area contributed by atoms with Gasteiger partial charge < -0.3 is 20.2 Å². The van der Waals surface area contributed by atoms with Crippen LogP contribution in [0.2, 0.25) is 0 Å². The summed E-state index contributed by atoms with van der Waals surface area (Å²) in [5, 5.41) is 13.6. The highest BCUT2D eigenvalue weighted by atomic mass is 32.2. The summed E-state index contributed by atoms with van der Waals surface area (Å²) in [5.41, 5.74) is 2.05. The van der Waals surface area contributed by atoms with E-state index in [2.05, 4.69) is 57.3 Å². The summed E-state index contributed by atoms with van der Waals surface area (Å²) in [6.07, 6.45) is 14.1. The smallest absolute Gasteiger partial charge is 0.394 e. The van der Waals surface area contributed by atoms with Crippen LogP contribution in [-0.2, 0) is 9.59 Å². The van der Waals surface area contributed by atoms with Gasteiger partial charge in [0, 0.05) is 43.2 Å². The number of nitrogens with zero attached hydrogens (tertiary/aromatic N) is 2. The van der Waals surface area contributed by atoms with Gasteiger partial charge in [-0.25, -0.2) is 4.79 Å². The molecule has 6 fully saturated rings. The van der Waals surface area contributed by atoms with Crippen molar-refractivity contribution >= 4 is 28.2 Å². The first kappa shape index (κ1) is 40.6. The van der Waals surface area contributed by atoms with Crippen LogP contribution in [0.4, 0.5) is 0 Å². The topological polar surface area (TPSA) is 72.9 Å². The van der Waals surface area contributed by atoms with Crippen molar-refractivity contribution in [2.45, 2.75) is 138 Å².